The molecule has 7 nitrogen and oxygen atoms in total. The minimum Gasteiger partial charge on any atom is -0.462 e. The third-order valence-corrected chi connectivity index (χ3v) is 3.44. The SMILES string of the molecule is COC(=O)C(=O)NNC(=O)C1(c2ccccc2)CCOC1. The van der Waals surface area contributed by atoms with E-state index in [2.05, 4.69) is 10.2 Å². The minimum absolute atomic E-state index is 0.219. The van der Waals surface area contributed by atoms with Gasteiger partial charge in [-0.05, 0) is 12.0 Å². The van der Waals surface area contributed by atoms with Crippen LogP contribution in [-0.2, 0) is 29.3 Å². The van der Waals surface area contributed by atoms with Crippen molar-refractivity contribution in [3.05, 3.63) is 35.9 Å². The van der Waals surface area contributed by atoms with Crippen molar-refractivity contribution in [2.75, 3.05) is 20.3 Å². The van der Waals surface area contributed by atoms with E-state index in [0.29, 0.717) is 13.0 Å². The molecule has 1 fully saturated rings. The smallest absolute Gasteiger partial charge is 0.398 e. The number of nitrogens with one attached hydrogen (secondary N) is 2. The topological polar surface area (TPSA) is 93.7 Å². The lowest BCUT2D eigenvalue weighted by molar-refractivity contribution is -0.153. The molecule has 1 aromatic rings. The number of hydrogen-bond acceptors (Lipinski definition) is 5. The first-order chi connectivity index (χ1) is 10.1. The summed E-state index contributed by atoms with van der Waals surface area (Å²) in [5, 5.41) is 0. The molecule has 2 rings (SSSR count). The average molecular weight is 292 g/mol. The van der Waals surface area contributed by atoms with E-state index in [-0.39, 0.29) is 6.61 Å². The van der Waals surface area contributed by atoms with E-state index < -0.39 is 23.2 Å². The summed E-state index contributed by atoms with van der Waals surface area (Å²) >= 11 is 0. The summed E-state index contributed by atoms with van der Waals surface area (Å²) in [5.41, 5.74) is 4.22. The van der Waals surface area contributed by atoms with Crippen molar-refractivity contribution in [1.29, 1.82) is 0 Å². The zero-order valence-corrected chi connectivity index (χ0v) is 11.5. The number of carbonyl (C=O) groups excluding carboxylic acids is 3. The molecule has 0 aliphatic carbocycles. The fraction of sp³-hybridized carbons (Fsp3) is 0.357. The van der Waals surface area contributed by atoms with E-state index in [1.54, 1.807) is 0 Å². The summed E-state index contributed by atoms with van der Waals surface area (Å²) in [5.74, 6) is -2.54. The molecule has 0 bridgehead atoms. The van der Waals surface area contributed by atoms with Crippen LogP contribution in [0, 0.1) is 0 Å². The Hall–Kier alpha value is -2.41. The molecule has 1 atom stereocenters. The molecular weight excluding hydrogens is 276 g/mol. The molecular formula is C14H16N2O5. The van der Waals surface area contributed by atoms with Gasteiger partial charge in [-0.1, -0.05) is 30.3 Å². The van der Waals surface area contributed by atoms with Gasteiger partial charge in [-0.25, -0.2) is 4.79 Å². The van der Waals surface area contributed by atoms with Crippen LogP contribution < -0.4 is 10.9 Å². The standard InChI is InChI=1S/C14H16N2O5/c1-20-12(18)11(17)15-16-13(19)14(7-8-21-9-14)10-5-3-2-4-6-10/h2-6H,7-9H2,1H3,(H,15,17)(H,16,19). The minimum atomic E-state index is -1.08. The Balaban J connectivity index is 2.11. The number of esters is 1. The van der Waals surface area contributed by atoms with Gasteiger partial charge in [0.2, 0.25) is 0 Å². The van der Waals surface area contributed by atoms with Crippen LogP contribution in [0.25, 0.3) is 0 Å². The van der Waals surface area contributed by atoms with E-state index in [0.717, 1.165) is 12.7 Å². The predicted octanol–water partition coefficient (Wildman–Crippen LogP) is -0.335. The fourth-order valence-corrected chi connectivity index (χ4v) is 2.24. The average Bonchev–Trinajstić information content (AvgIpc) is 3.03. The number of ether oxygens (including phenoxy) is 2. The number of benzene rings is 1. The molecule has 0 radical (unpaired) electrons. The Bertz CT molecular complexity index is 538. The predicted molar refractivity (Wildman–Crippen MR) is 71.9 cm³/mol. The lowest BCUT2D eigenvalue weighted by atomic mass is 9.79. The molecule has 1 aliphatic heterocycles. The van der Waals surface area contributed by atoms with E-state index in [1.807, 2.05) is 35.8 Å². The first-order valence-corrected chi connectivity index (χ1v) is 6.42. The molecule has 2 N–H and O–H groups in total. The van der Waals surface area contributed by atoms with Crippen LogP contribution in [-0.4, -0.2) is 38.1 Å². The van der Waals surface area contributed by atoms with Gasteiger partial charge in [0, 0.05) is 6.61 Å². The van der Waals surface area contributed by atoms with Gasteiger partial charge >= 0.3 is 11.9 Å². The maximum absolute atomic E-state index is 12.4. The summed E-state index contributed by atoms with van der Waals surface area (Å²) in [4.78, 5) is 34.7. The number of hydrogen-bond donors (Lipinski definition) is 2. The van der Waals surface area contributed by atoms with Crippen LogP contribution in [0.3, 0.4) is 0 Å². The second-order valence-corrected chi connectivity index (χ2v) is 4.65. The molecule has 2 amide bonds. The lowest BCUT2D eigenvalue weighted by Crippen LogP contribution is -2.53. The van der Waals surface area contributed by atoms with Crippen LogP contribution >= 0.6 is 0 Å². The van der Waals surface area contributed by atoms with Gasteiger partial charge in [-0.15, -0.1) is 0 Å². The van der Waals surface area contributed by atoms with E-state index in [1.165, 1.54) is 0 Å². The second kappa shape index (κ2) is 6.36. The van der Waals surface area contributed by atoms with Gasteiger partial charge in [0.15, 0.2) is 0 Å². The highest BCUT2D eigenvalue weighted by molar-refractivity contribution is 6.32. The highest BCUT2D eigenvalue weighted by Crippen LogP contribution is 2.33. The first-order valence-electron chi connectivity index (χ1n) is 6.42. The summed E-state index contributed by atoms with van der Waals surface area (Å²) in [6.45, 7) is 0.671. The number of amides is 2. The van der Waals surface area contributed by atoms with Crippen LogP contribution in [0.5, 0.6) is 0 Å². The normalized spacial score (nSPS) is 20.6. The molecule has 1 unspecified atom stereocenters. The largest absolute Gasteiger partial charge is 0.462 e. The zero-order chi connectivity index (χ0) is 15.3. The van der Waals surface area contributed by atoms with Crippen molar-refractivity contribution in [1.82, 2.24) is 10.9 Å². The Kier molecular flexibility index (Phi) is 4.54. The third-order valence-electron chi connectivity index (χ3n) is 3.44. The molecule has 112 valence electrons. The van der Waals surface area contributed by atoms with E-state index in [4.69, 9.17) is 4.74 Å². The molecule has 0 saturated carbocycles. The number of rotatable bonds is 2. The van der Waals surface area contributed by atoms with Crippen molar-refractivity contribution in [2.45, 2.75) is 11.8 Å². The van der Waals surface area contributed by atoms with Gasteiger partial charge in [-0.3, -0.25) is 20.4 Å². The van der Waals surface area contributed by atoms with Crippen molar-refractivity contribution in [2.24, 2.45) is 0 Å². The van der Waals surface area contributed by atoms with Crippen LogP contribution in [0.1, 0.15) is 12.0 Å². The maximum Gasteiger partial charge on any atom is 0.398 e. The van der Waals surface area contributed by atoms with Crippen LogP contribution in [0.15, 0.2) is 30.3 Å². The Morgan fingerprint density at radius 3 is 2.48 bits per heavy atom. The summed E-state index contributed by atoms with van der Waals surface area (Å²) in [7, 11) is 1.08. The van der Waals surface area contributed by atoms with Gasteiger partial charge in [0.05, 0.1) is 13.7 Å². The summed E-state index contributed by atoms with van der Waals surface area (Å²) < 4.78 is 9.60. The number of hydrazine groups is 1. The van der Waals surface area contributed by atoms with Crippen LogP contribution in [0.2, 0.25) is 0 Å². The molecule has 0 aromatic heterocycles. The quantitative estimate of drug-likeness (QED) is 0.442. The van der Waals surface area contributed by atoms with Gasteiger partial charge in [0.1, 0.15) is 5.41 Å². The molecule has 21 heavy (non-hydrogen) atoms. The molecule has 7 heteroatoms. The maximum atomic E-state index is 12.4. The van der Waals surface area contributed by atoms with Crippen LogP contribution in [0.4, 0.5) is 0 Å². The van der Waals surface area contributed by atoms with E-state index in [9.17, 15) is 14.4 Å². The zero-order valence-electron chi connectivity index (χ0n) is 11.5. The second-order valence-electron chi connectivity index (χ2n) is 4.65. The van der Waals surface area contributed by atoms with Gasteiger partial charge in [0.25, 0.3) is 5.91 Å². The lowest BCUT2D eigenvalue weighted by Gasteiger charge is -2.26. The Labute approximate surface area is 121 Å². The van der Waals surface area contributed by atoms with Gasteiger partial charge in [-0.2, -0.15) is 0 Å². The third kappa shape index (κ3) is 3.03. The highest BCUT2D eigenvalue weighted by Gasteiger charge is 2.44. The fourth-order valence-electron chi connectivity index (χ4n) is 2.24. The Morgan fingerprint density at radius 2 is 1.90 bits per heavy atom. The molecule has 1 saturated heterocycles. The summed E-state index contributed by atoms with van der Waals surface area (Å²) in [6.07, 6.45) is 0.497. The van der Waals surface area contributed by atoms with Crippen molar-refractivity contribution >= 4 is 17.8 Å². The Morgan fingerprint density at radius 1 is 1.19 bits per heavy atom. The van der Waals surface area contributed by atoms with Crippen molar-refractivity contribution in [3.63, 3.8) is 0 Å². The number of methoxy groups -OCH3 is 1. The number of carbonyl (C=O) groups is 3. The summed E-state index contributed by atoms with van der Waals surface area (Å²) in [6, 6.07) is 9.17. The van der Waals surface area contributed by atoms with E-state index >= 15 is 0 Å². The van der Waals surface area contributed by atoms with Gasteiger partial charge < -0.3 is 9.47 Å². The molecule has 1 aromatic carbocycles. The van der Waals surface area contributed by atoms with Crippen molar-refractivity contribution < 1.29 is 23.9 Å². The molecule has 0 spiro atoms. The van der Waals surface area contributed by atoms with Crippen molar-refractivity contribution in [3.8, 4) is 0 Å². The monoisotopic (exact) mass is 292 g/mol. The highest BCUT2D eigenvalue weighted by atomic mass is 16.5. The molecule has 1 heterocycles. The first kappa shape index (κ1) is 15.0. The molecule has 1 aliphatic rings.